The highest BCUT2D eigenvalue weighted by molar-refractivity contribution is 5.74. The maximum absolute atomic E-state index is 11.0. The Balaban J connectivity index is 2.28. The van der Waals surface area contributed by atoms with Crippen LogP contribution in [0, 0.1) is 13.8 Å². The van der Waals surface area contributed by atoms with Gasteiger partial charge >= 0.3 is 0 Å². The zero-order chi connectivity index (χ0) is 14.7. The van der Waals surface area contributed by atoms with Crippen molar-refractivity contribution in [1.29, 1.82) is 0 Å². The topological polar surface area (TPSA) is 65.3 Å². The van der Waals surface area contributed by atoms with Crippen LogP contribution in [0.4, 0.5) is 0 Å². The van der Waals surface area contributed by atoms with Gasteiger partial charge in [-0.1, -0.05) is 18.2 Å². The van der Waals surface area contributed by atoms with Gasteiger partial charge in [0.05, 0.1) is 29.7 Å². The Morgan fingerprint density at radius 1 is 1.30 bits per heavy atom. The summed E-state index contributed by atoms with van der Waals surface area (Å²) in [6.07, 6.45) is 0. The van der Waals surface area contributed by atoms with Crippen molar-refractivity contribution in [3.05, 3.63) is 47.3 Å². The number of nitrogens with one attached hydrogen (secondary N) is 1. The quantitative estimate of drug-likeness (QED) is 0.804. The Morgan fingerprint density at radius 3 is 2.55 bits per heavy atom. The molecule has 0 aliphatic heterocycles. The Kier molecular flexibility index (Phi) is 4.20. The van der Waals surface area contributed by atoms with Gasteiger partial charge in [0, 0.05) is 0 Å². The zero-order valence-corrected chi connectivity index (χ0v) is 12.2. The van der Waals surface area contributed by atoms with Gasteiger partial charge in [0.2, 0.25) is 0 Å². The third-order valence-corrected chi connectivity index (χ3v) is 3.40. The summed E-state index contributed by atoms with van der Waals surface area (Å²) in [6, 6.07) is 10.0. The number of aromatic nitrogens is 2. The van der Waals surface area contributed by atoms with Crippen LogP contribution in [0.15, 0.2) is 30.3 Å². The van der Waals surface area contributed by atoms with E-state index in [1.807, 2.05) is 49.0 Å². The lowest BCUT2D eigenvalue weighted by molar-refractivity contribution is -0.885. The third-order valence-electron chi connectivity index (χ3n) is 3.40. The van der Waals surface area contributed by atoms with Crippen molar-refractivity contribution in [3.63, 3.8) is 0 Å². The highest BCUT2D eigenvalue weighted by Gasteiger charge is 2.17. The Morgan fingerprint density at radius 2 is 1.95 bits per heavy atom. The van der Waals surface area contributed by atoms with E-state index >= 15 is 0 Å². The van der Waals surface area contributed by atoms with E-state index in [0.717, 1.165) is 28.5 Å². The SMILES string of the molecule is Cc1nn(-c2ccccc2)c(C)c1C[NH+](C)CC(N)=O. The first-order valence-electron chi connectivity index (χ1n) is 6.69. The van der Waals surface area contributed by atoms with E-state index in [-0.39, 0.29) is 5.91 Å². The number of benzene rings is 1. The second-order valence-corrected chi connectivity index (χ2v) is 5.17. The average Bonchev–Trinajstić information content (AvgIpc) is 2.67. The van der Waals surface area contributed by atoms with Crippen LogP contribution in [0.5, 0.6) is 0 Å². The summed E-state index contributed by atoms with van der Waals surface area (Å²) in [5.41, 5.74) is 9.56. The molecule has 2 rings (SSSR count). The smallest absolute Gasteiger partial charge is 0.272 e. The van der Waals surface area contributed by atoms with Gasteiger partial charge in [-0.2, -0.15) is 5.10 Å². The number of likely N-dealkylation sites (N-methyl/N-ethyl adjacent to an activating group) is 1. The number of para-hydroxylation sites is 1. The minimum absolute atomic E-state index is 0.284. The molecular formula is C15H21N4O+. The van der Waals surface area contributed by atoms with Gasteiger partial charge in [-0.3, -0.25) is 4.79 Å². The molecule has 5 heteroatoms. The third kappa shape index (κ3) is 3.05. The summed E-state index contributed by atoms with van der Waals surface area (Å²) >= 11 is 0. The summed E-state index contributed by atoms with van der Waals surface area (Å²) < 4.78 is 1.95. The molecule has 106 valence electrons. The van der Waals surface area contributed by atoms with Crippen molar-refractivity contribution in [2.75, 3.05) is 13.6 Å². The van der Waals surface area contributed by atoms with Crippen LogP contribution in [-0.4, -0.2) is 29.3 Å². The van der Waals surface area contributed by atoms with Crippen LogP contribution in [0.3, 0.4) is 0 Å². The van der Waals surface area contributed by atoms with E-state index in [4.69, 9.17) is 5.73 Å². The number of nitrogens with zero attached hydrogens (tertiary/aromatic N) is 2. The van der Waals surface area contributed by atoms with Crippen molar-refractivity contribution in [1.82, 2.24) is 9.78 Å². The molecule has 0 fully saturated rings. The fourth-order valence-electron chi connectivity index (χ4n) is 2.41. The number of nitrogens with two attached hydrogens (primary N) is 1. The number of carbonyl (C=O) groups is 1. The molecule has 0 bridgehead atoms. The summed E-state index contributed by atoms with van der Waals surface area (Å²) in [7, 11) is 1.96. The van der Waals surface area contributed by atoms with Crippen LogP contribution >= 0.6 is 0 Å². The number of hydrogen-bond acceptors (Lipinski definition) is 2. The Bertz CT molecular complexity index is 604. The molecule has 1 unspecified atom stereocenters. The maximum Gasteiger partial charge on any atom is 0.272 e. The molecule has 5 nitrogen and oxygen atoms in total. The lowest BCUT2D eigenvalue weighted by atomic mass is 10.2. The zero-order valence-electron chi connectivity index (χ0n) is 12.2. The first-order valence-corrected chi connectivity index (χ1v) is 6.69. The predicted octanol–water partition coefficient (Wildman–Crippen LogP) is -0.0109. The highest BCUT2D eigenvalue weighted by Crippen LogP contribution is 2.16. The van der Waals surface area contributed by atoms with Gasteiger partial charge in [-0.05, 0) is 26.0 Å². The molecule has 1 aromatic carbocycles. The molecule has 1 amide bonds. The van der Waals surface area contributed by atoms with Crippen molar-refractivity contribution in [2.24, 2.45) is 5.73 Å². The van der Waals surface area contributed by atoms with Crippen LogP contribution in [0.1, 0.15) is 17.0 Å². The number of quaternary nitrogens is 1. The van der Waals surface area contributed by atoms with Crippen molar-refractivity contribution >= 4 is 5.91 Å². The van der Waals surface area contributed by atoms with E-state index in [1.165, 1.54) is 5.56 Å². The predicted molar refractivity (Wildman–Crippen MR) is 77.7 cm³/mol. The van der Waals surface area contributed by atoms with Crippen LogP contribution in [0.2, 0.25) is 0 Å². The summed E-state index contributed by atoms with van der Waals surface area (Å²) in [6.45, 7) is 5.13. The second kappa shape index (κ2) is 5.88. The molecule has 0 saturated heterocycles. The largest absolute Gasteiger partial charge is 0.365 e. The van der Waals surface area contributed by atoms with Gasteiger partial charge in [-0.25, -0.2) is 4.68 Å². The molecule has 0 saturated carbocycles. The van der Waals surface area contributed by atoms with Crippen molar-refractivity contribution < 1.29 is 9.69 Å². The van der Waals surface area contributed by atoms with Gasteiger partial charge in [0.15, 0.2) is 6.54 Å². The Hall–Kier alpha value is -2.14. The molecule has 1 heterocycles. The molecule has 0 aliphatic rings. The molecule has 0 radical (unpaired) electrons. The van der Waals surface area contributed by atoms with Crippen LogP contribution in [0.25, 0.3) is 5.69 Å². The first kappa shape index (κ1) is 14.3. The average molecular weight is 273 g/mol. The molecule has 1 aromatic heterocycles. The molecular weight excluding hydrogens is 252 g/mol. The van der Waals surface area contributed by atoms with Crippen LogP contribution in [-0.2, 0) is 11.3 Å². The summed E-state index contributed by atoms with van der Waals surface area (Å²) in [5, 5.41) is 4.60. The number of aryl methyl sites for hydroxylation is 1. The molecule has 0 spiro atoms. The van der Waals surface area contributed by atoms with E-state index in [2.05, 4.69) is 12.0 Å². The Labute approximate surface area is 119 Å². The minimum atomic E-state index is -0.284. The minimum Gasteiger partial charge on any atom is -0.365 e. The fourth-order valence-corrected chi connectivity index (χ4v) is 2.41. The second-order valence-electron chi connectivity index (χ2n) is 5.17. The van der Waals surface area contributed by atoms with Gasteiger partial charge in [-0.15, -0.1) is 0 Å². The molecule has 3 N–H and O–H groups in total. The molecule has 1 atom stereocenters. The standard InChI is InChI=1S/C15H20N4O/c1-11-14(9-18(3)10-15(16)20)12(2)19(17-11)13-7-5-4-6-8-13/h4-8H,9-10H2,1-3H3,(H2,16,20)/p+1. The van der Waals surface area contributed by atoms with E-state index < -0.39 is 0 Å². The van der Waals surface area contributed by atoms with E-state index in [9.17, 15) is 4.79 Å². The number of carbonyl (C=O) groups excluding carboxylic acids is 1. The molecule has 20 heavy (non-hydrogen) atoms. The fraction of sp³-hybridized carbons (Fsp3) is 0.333. The van der Waals surface area contributed by atoms with Crippen molar-refractivity contribution in [3.8, 4) is 5.69 Å². The lowest BCUT2D eigenvalue weighted by Crippen LogP contribution is -3.08. The summed E-state index contributed by atoms with van der Waals surface area (Å²) in [5.74, 6) is -0.284. The van der Waals surface area contributed by atoms with Crippen molar-refractivity contribution in [2.45, 2.75) is 20.4 Å². The van der Waals surface area contributed by atoms with Gasteiger partial charge in [0.1, 0.15) is 6.54 Å². The lowest BCUT2D eigenvalue weighted by Gasteiger charge is -2.12. The van der Waals surface area contributed by atoms with E-state index in [0.29, 0.717) is 6.54 Å². The maximum atomic E-state index is 11.0. The van der Waals surface area contributed by atoms with Crippen LogP contribution < -0.4 is 10.6 Å². The normalized spacial score (nSPS) is 12.3. The van der Waals surface area contributed by atoms with Gasteiger partial charge < -0.3 is 10.6 Å². The molecule has 2 aromatic rings. The molecule has 0 aliphatic carbocycles. The number of amides is 1. The first-order chi connectivity index (χ1) is 9.49. The monoisotopic (exact) mass is 273 g/mol. The van der Waals surface area contributed by atoms with Gasteiger partial charge in [0.25, 0.3) is 5.91 Å². The summed E-state index contributed by atoms with van der Waals surface area (Å²) in [4.78, 5) is 12.0. The number of primary amides is 1. The van der Waals surface area contributed by atoms with E-state index in [1.54, 1.807) is 0 Å². The highest BCUT2D eigenvalue weighted by atomic mass is 16.1. The number of rotatable bonds is 5. The number of hydrogen-bond donors (Lipinski definition) is 2.